The molecular weight excluding hydrogens is 317 g/mol. The highest BCUT2D eigenvalue weighted by Crippen LogP contribution is 2.35. The van der Waals surface area contributed by atoms with Gasteiger partial charge in [-0.3, -0.25) is 4.79 Å². The maximum Gasteiger partial charge on any atom is 0.270 e. The normalized spacial score (nSPS) is 10.0. The molecule has 0 amide bonds. The molecule has 1 heterocycles. The van der Waals surface area contributed by atoms with Crippen LogP contribution in [0.3, 0.4) is 0 Å². The van der Waals surface area contributed by atoms with Crippen LogP contribution in [0.25, 0.3) is 11.3 Å². The van der Waals surface area contributed by atoms with Crippen LogP contribution in [-0.2, 0) is 0 Å². The van der Waals surface area contributed by atoms with E-state index in [0.29, 0.717) is 0 Å². The summed E-state index contributed by atoms with van der Waals surface area (Å²) in [6, 6.07) is 6.22. The van der Waals surface area contributed by atoms with Gasteiger partial charge in [0.1, 0.15) is 29.2 Å². The lowest BCUT2D eigenvalue weighted by Gasteiger charge is -2.19. The minimum absolute atomic E-state index is 0.0352. The standard InChI is InChI=1S/C15H12FN5OS/c1-21(2)13-8(6-17)4-5-10(16)11(13)12-9(7-18)14(22)20-15(19-12)23-3/h4-5H,1-3H3,(H,19,20,22). The molecule has 2 rings (SSSR count). The van der Waals surface area contributed by atoms with Gasteiger partial charge in [0.05, 0.1) is 16.8 Å². The predicted octanol–water partition coefficient (Wildman–Crippen LogP) is 2.11. The Balaban J connectivity index is 2.99. The molecule has 0 aliphatic rings. The number of nitriles is 2. The SMILES string of the molecule is CSc1nc(-c2c(F)ccc(C#N)c2N(C)C)c(C#N)c(=O)[nH]1. The second-order valence-corrected chi connectivity index (χ2v) is 5.53. The van der Waals surface area contributed by atoms with Crippen LogP contribution in [0, 0.1) is 28.5 Å². The number of nitrogens with zero attached hydrogens (tertiary/aromatic N) is 4. The maximum atomic E-state index is 14.5. The van der Waals surface area contributed by atoms with Crippen molar-refractivity contribution in [2.24, 2.45) is 0 Å². The van der Waals surface area contributed by atoms with Gasteiger partial charge in [0.25, 0.3) is 5.56 Å². The number of aromatic amines is 1. The molecule has 0 bridgehead atoms. The molecule has 0 aliphatic heterocycles. The molecule has 6 nitrogen and oxygen atoms in total. The number of H-pyrrole nitrogens is 1. The molecule has 0 saturated carbocycles. The van der Waals surface area contributed by atoms with Gasteiger partial charge in [0, 0.05) is 14.1 Å². The van der Waals surface area contributed by atoms with Crippen LogP contribution >= 0.6 is 11.8 Å². The lowest BCUT2D eigenvalue weighted by Crippen LogP contribution is -2.18. The summed E-state index contributed by atoms with van der Waals surface area (Å²) < 4.78 is 14.5. The van der Waals surface area contributed by atoms with Gasteiger partial charge in [-0.25, -0.2) is 9.37 Å². The fourth-order valence-electron chi connectivity index (χ4n) is 2.18. The van der Waals surface area contributed by atoms with Crippen molar-refractivity contribution in [1.82, 2.24) is 9.97 Å². The third-order valence-electron chi connectivity index (χ3n) is 3.13. The Kier molecular flexibility index (Phi) is 4.68. The van der Waals surface area contributed by atoms with Crippen LogP contribution in [0.5, 0.6) is 0 Å². The van der Waals surface area contributed by atoms with Gasteiger partial charge in [-0.05, 0) is 18.4 Å². The molecule has 0 spiro atoms. The predicted molar refractivity (Wildman–Crippen MR) is 85.8 cm³/mol. The van der Waals surface area contributed by atoms with E-state index in [2.05, 4.69) is 9.97 Å². The molecule has 0 aliphatic carbocycles. The van der Waals surface area contributed by atoms with Crippen LogP contribution in [0.1, 0.15) is 11.1 Å². The molecule has 116 valence electrons. The zero-order chi connectivity index (χ0) is 17.1. The Morgan fingerprint density at radius 3 is 2.52 bits per heavy atom. The first-order valence-corrected chi connectivity index (χ1v) is 7.65. The number of hydrogen-bond donors (Lipinski definition) is 1. The van der Waals surface area contributed by atoms with Gasteiger partial charge in [-0.15, -0.1) is 0 Å². The van der Waals surface area contributed by atoms with Gasteiger partial charge >= 0.3 is 0 Å². The van der Waals surface area contributed by atoms with E-state index < -0.39 is 11.4 Å². The molecule has 0 saturated heterocycles. The first-order valence-electron chi connectivity index (χ1n) is 6.43. The topological polar surface area (TPSA) is 96.6 Å². The van der Waals surface area contributed by atoms with E-state index in [4.69, 9.17) is 0 Å². The van der Waals surface area contributed by atoms with Gasteiger partial charge < -0.3 is 9.88 Å². The summed E-state index contributed by atoms with van der Waals surface area (Å²) in [4.78, 5) is 20.2. The van der Waals surface area contributed by atoms with Crippen molar-refractivity contribution in [3.63, 3.8) is 0 Å². The number of benzene rings is 1. The molecule has 0 atom stereocenters. The Bertz CT molecular complexity index is 908. The highest BCUT2D eigenvalue weighted by Gasteiger charge is 2.23. The van der Waals surface area contributed by atoms with Crippen molar-refractivity contribution in [2.75, 3.05) is 25.3 Å². The summed E-state index contributed by atoms with van der Waals surface area (Å²) in [6.07, 6.45) is 1.70. The molecule has 0 fully saturated rings. The van der Waals surface area contributed by atoms with Gasteiger partial charge in [-0.1, -0.05) is 11.8 Å². The van der Waals surface area contributed by atoms with E-state index in [0.717, 1.165) is 17.8 Å². The lowest BCUT2D eigenvalue weighted by molar-refractivity contribution is 0.630. The zero-order valence-electron chi connectivity index (χ0n) is 12.6. The van der Waals surface area contributed by atoms with Crippen molar-refractivity contribution >= 4 is 17.4 Å². The lowest BCUT2D eigenvalue weighted by atomic mass is 10.0. The van der Waals surface area contributed by atoms with Crippen molar-refractivity contribution in [1.29, 1.82) is 10.5 Å². The molecule has 1 aromatic heterocycles. The Labute approximate surface area is 136 Å². The first-order chi connectivity index (χ1) is 10.9. The molecule has 2 aromatic rings. The van der Waals surface area contributed by atoms with E-state index in [9.17, 15) is 19.7 Å². The number of hydrogen-bond acceptors (Lipinski definition) is 6. The molecule has 23 heavy (non-hydrogen) atoms. The number of halogens is 1. The summed E-state index contributed by atoms with van der Waals surface area (Å²) in [5, 5.41) is 18.8. The minimum atomic E-state index is -0.658. The monoisotopic (exact) mass is 329 g/mol. The highest BCUT2D eigenvalue weighted by molar-refractivity contribution is 7.98. The second kappa shape index (κ2) is 6.51. The second-order valence-electron chi connectivity index (χ2n) is 4.74. The van der Waals surface area contributed by atoms with Crippen LogP contribution in [-0.4, -0.2) is 30.3 Å². The molecule has 0 radical (unpaired) electrons. The van der Waals surface area contributed by atoms with E-state index >= 15 is 0 Å². The van der Waals surface area contributed by atoms with Crippen LogP contribution in [0.15, 0.2) is 22.1 Å². The smallest absolute Gasteiger partial charge is 0.270 e. The van der Waals surface area contributed by atoms with E-state index in [1.54, 1.807) is 31.3 Å². The summed E-state index contributed by atoms with van der Waals surface area (Å²) in [5.41, 5.74) is -0.545. The fourth-order valence-corrected chi connectivity index (χ4v) is 2.56. The van der Waals surface area contributed by atoms with Crippen LogP contribution in [0.4, 0.5) is 10.1 Å². The number of aromatic nitrogens is 2. The van der Waals surface area contributed by atoms with E-state index in [1.165, 1.54) is 6.07 Å². The zero-order valence-corrected chi connectivity index (χ0v) is 13.5. The molecule has 8 heteroatoms. The van der Waals surface area contributed by atoms with Crippen LogP contribution < -0.4 is 10.5 Å². The third-order valence-corrected chi connectivity index (χ3v) is 3.71. The Hall–Kier alpha value is -2.84. The number of rotatable bonds is 3. The highest BCUT2D eigenvalue weighted by atomic mass is 32.2. The maximum absolute atomic E-state index is 14.5. The first kappa shape index (κ1) is 16.5. The molecule has 1 N–H and O–H groups in total. The van der Waals surface area contributed by atoms with Crippen molar-refractivity contribution < 1.29 is 4.39 Å². The van der Waals surface area contributed by atoms with E-state index in [-0.39, 0.29) is 33.2 Å². The number of thioether (sulfide) groups is 1. The van der Waals surface area contributed by atoms with Crippen molar-refractivity contribution in [3.8, 4) is 23.4 Å². The number of anilines is 1. The Morgan fingerprint density at radius 2 is 2.00 bits per heavy atom. The summed E-state index contributed by atoms with van der Waals surface area (Å²) in [7, 11) is 3.29. The summed E-state index contributed by atoms with van der Waals surface area (Å²) in [5.74, 6) is -0.658. The van der Waals surface area contributed by atoms with Crippen LogP contribution in [0.2, 0.25) is 0 Å². The molecule has 1 aromatic carbocycles. The van der Waals surface area contributed by atoms with Gasteiger partial charge in [0.2, 0.25) is 0 Å². The number of nitrogens with one attached hydrogen (secondary N) is 1. The summed E-state index contributed by atoms with van der Waals surface area (Å²) in [6.45, 7) is 0. The minimum Gasteiger partial charge on any atom is -0.376 e. The van der Waals surface area contributed by atoms with Gasteiger partial charge in [0.15, 0.2) is 5.16 Å². The quantitative estimate of drug-likeness (QED) is 0.684. The van der Waals surface area contributed by atoms with Crippen molar-refractivity contribution in [3.05, 3.63) is 39.4 Å². The fraction of sp³-hybridized carbons (Fsp3) is 0.200. The van der Waals surface area contributed by atoms with Crippen molar-refractivity contribution in [2.45, 2.75) is 5.16 Å². The largest absolute Gasteiger partial charge is 0.376 e. The molecular formula is C15H12FN5OS. The summed E-state index contributed by atoms with van der Waals surface area (Å²) >= 11 is 1.16. The third kappa shape index (κ3) is 2.89. The van der Waals surface area contributed by atoms with E-state index in [1.807, 2.05) is 6.07 Å². The average Bonchev–Trinajstić information content (AvgIpc) is 2.53. The average molecular weight is 329 g/mol. The Morgan fingerprint density at radius 1 is 1.30 bits per heavy atom. The van der Waals surface area contributed by atoms with Gasteiger partial charge in [-0.2, -0.15) is 10.5 Å². The molecule has 0 unspecified atom stereocenters.